The van der Waals surface area contributed by atoms with Crippen molar-refractivity contribution in [1.29, 1.82) is 10.5 Å². The Balaban J connectivity index is -0.000000470. The van der Waals surface area contributed by atoms with Gasteiger partial charge in [0.05, 0.1) is 81.6 Å². The van der Waals surface area contributed by atoms with E-state index in [0.29, 0.717) is 25.7 Å². The molecule has 416 valence electrons. The molecule has 0 aromatic heterocycles. The molecule has 0 saturated heterocycles. The number of carbonyl (C=O) groups excluding carboxylic acids is 9. The molecule has 73 heavy (non-hydrogen) atoms. The summed E-state index contributed by atoms with van der Waals surface area (Å²) in [7, 11) is 0. The minimum absolute atomic E-state index is 0.0397. The number of unbranched alkanes of at least 4 members (excludes halogenated alkanes) is 2. The van der Waals surface area contributed by atoms with Gasteiger partial charge < -0.3 is 58.0 Å². The summed E-state index contributed by atoms with van der Waals surface area (Å²) in [4.78, 5) is 100. The molecule has 0 aliphatic rings. The van der Waals surface area contributed by atoms with Crippen LogP contribution in [0.2, 0.25) is 0 Å². The van der Waals surface area contributed by atoms with Crippen LogP contribution >= 0.6 is 0 Å². The van der Waals surface area contributed by atoms with Crippen molar-refractivity contribution < 1.29 is 90.5 Å². The van der Waals surface area contributed by atoms with Gasteiger partial charge in [-0.1, -0.05) is 68.5 Å². The van der Waals surface area contributed by atoms with E-state index >= 15 is 0 Å². The predicted octanol–water partition coefficient (Wildman–Crippen LogP) is 6.16. The second-order valence-electron chi connectivity index (χ2n) is 15.2. The van der Waals surface area contributed by atoms with Crippen LogP contribution < -0.4 is 10.6 Å². The standard InChI is InChI=1S/C19H31NO8.C15H25NO7.2C8H13NO2/c1-4-15(3)18(23)27-14-13-26-17(22)9-7-6-8-11-28-19(24)20-10-12-25-16(21)5-2;1-4-12(3)14(18)22-10-8-20-9-11-23-15(19)16-6-7-21-13(17)5-2;2*1-3-7(2)8(10)11-6-4-5-9/h5,15H,2,4,6-14H2,1,3H3,(H,20,24);5,12H,2,4,6-11H2,1,3H3,(H,16,19);2*7H,3-4,6H2,1-2H3. The second-order valence-corrected chi connectivity index (χ2v) is 15.2. The number of esters is 7. The maximum absolute atomic E-state index is 11.5. The maximum Gasteiger partial charge on any atom is 0.407 e. The van der Waals surface area contributed by atoms with Crippen molar-refractivity contribution in [3.05, 3.63) is 25.3 Å². The highest BCUT2D eigenvalue weighted by atomic mass is 16.6. The van der Waals surface area contributed by atoms with Gasteiger partial charge in [0.15, 0.2) is 0 Å². The largest absolute Gasteiger partial charge is 0.464 e. The Morgan fingerprint density at radius 2 is 0.781 bits per heavy atom. The highest BCUT2D eigenvalue weighted by Gasteiger charge is 2.14. The number of nitrogens with zero attached hydrogens (tertiary/aromatic N) is 2. The van der Waals surface area contributed by atoms with Crippen molar-refractivity contribution in [1.82, 2.24) is 10.6 Å². The van der Waals surface area contributed by atoms with Gasteiger partial charge in [0.1, 0.15) is 52.9 Å². The van der Waals surface area contributed by atoms with Gasteiger partial charge in [0.25, 0.3) is 0 Å². The zero-order chi connectivity index (χ0) is 56.1. The van der Waals surface area contributed by atoms with Crippen molar-refractivity contribution in [3.8, 4) is 12.1 Å². The molecule has 2 amide bonds. The van der Waals surface area contributed by atoms with Crippen LogP contribution in [0.25, 0.3) is 0 Å². The Hall–Kier alpha value is -6.75. The van der Waals surface area contributed by atoms with Crippen LogP contribution in [0.3, 0.4) is 0 Å². The van der Waals surface area contributed by atoms with Crippen LogP contribution in [0.5, 0.6) is 0 Å². The number of ether oxygens (including phenoxy) is 10. The number of nitrogens with one attached hydrogen (secondary N) is 2. The minimum Gasteiger partial charge on any atom is -0.464 e. The maximum atomic E-state index is 11.5. The third-order valence-corrected chi connectivity index (χ3v) is 9.32. The number of nitriles is 2. The Kier molecular flexibility index (Phi) is 52.9. The van der Waals surface area contributed by atoms with Gasteiger partial charge in [-0.15, -0.1) is 0 Å². The first-order valence-electron chi connectivity index (χ1n) is 24.4. The molecule has 0 heterocycles. The fourth-order valence-corrected chi connectivity index (χ4v) is 4.04. The lowest BCUT2D eigenvalue weighted by Gasteiger charge is -2.10. The van der Waals surface area contributed by atoms with Crippen LogP contribution in [0.4, 0.5) is 9.59 Å². The molecule has 2 N–H and O–H groups in total. The highest BCUT2D eigenvalue weighted by molar-refractivity contribution is 5.81. The lowest BCUT2D eigenvalue weighted by molar-refractivity contribution is -0.154. The normalized spacial score (nSPS) is 11.3. The third-order valence-electron chi connectivity index (χ3n) is 9.32. The SMILES string of the molecule is C=CC(=O)OCCNC(=O)OCCCCCC(=O)OCCOC(=O)C(C)CC.C=CC(=O)OCCNC(=O)OCCOCCOC(=O)C(C)CC.CCC(C)C(=O)OCCC#N.CCC(C)C(=O)OCCC#N. The first kappa shape index (κ1) is 72.8. The molecule has 0 spiro atoms. The van der Waals surface area contributed by atoms with Gasteiger partial charge >= 0.3 is 54.0 Å². The van der Waals surface area contributed by atoms with E-state index in [1.807, 2.05) is 53.7 Å². The molecule has 0 aromatic rings. The molecule has 0 radical (unpaired) electrons. The summed E-state index contributed by atoms with van der Waals surface area (Å²) in [6.45, 7) is 23.2. The van der Waals surface area contributed by atoms with Crippen LogP contribution in [0.15, 0.2) is 25.3 Å². The fourth-order valence-electron chi connectivity index (χ4n) is 4.04. The van der Waals surface area contributed by atoms with Gasteiger partial charge in [0.2, 0.25) is 0 Å². The molecule has 0 saturated carbocycles. The van der Waals surface area contributed by atoms with Gasteiger partial charge in [-0.3, -0.25) is 24.0 Å². The number of alkyl carbamates (subject to hydrolysis) is 2. The number of carbonyl (C=O) groups is 9. The fraction of sp³-hybridized carbons (Fsp3) is 0.700. The van der Waals surface area contributed by atoms with Crippen molar-refractivity contribution in [2.45, 2.75) is 120 Å². The number of hydrogen-bond acceptors (Lipinski definition) is 21. The van der Waals surface area contributed by atoms with E-state index in [1.165, 1.54) is 0 Å². The quantitative estimate of drug-likeness (QED) is 0.0310. The third kappa shape index (κ3) is 51.4. The van der Waals surface area contributed by atoms with Crippen molar-refractivity contribution in [3.63, 3.8) is 0 Å². The van der Waals surface area contributed by atoms with Crippen LogP contribution in [0.1, 0.15) is 120 Å². The van der Waals surface area contributed by atoms with Crippen molar-refractivity contribution in [2.75, 3.05) is 85.8 Å². The molecule has 0 aromatic carbocycles. The Morgan fingerprint density at radius 1 is 0.438 bits per heavy atom. The molecule has 4 atom stereocenters. The molecule has 0 fully saturated rings. The summed E-state index contributed by atoms with van der Waals surface area (Å²) in [6, 6.07) is 3.81. The van der Waals surface area contributed by atoms with Gasteiger partial charge in [-0.05, 0) is 44.9 Å². The summed E-state index contributed by atoms with van der Waals surface area (Å²) in [6.07, 6.45) is 6.57. The summed E-state index contributed by atoms with van der Waals surface area (Å²) in [5.41, 5.74) is 0. The number of hydrogen-bond donors (Lipinski definition) is 2. The smallest absolute Gasteiger partial charge is 0.407 e. The van der Waals surface area contributed by atoms with E-state index in [-0.39, 0.29) is 159 Å². The van der Waals surface area contributed by atoms with Gasteiger partial charge in [-0.25, -0.2) is 19.2 Å². The molecule has 4 unspecified atom stereocenters. The first-order valence-corrected chi connectivity index (χ1v) is 24.4. The van der Waals surface area contributed by atoms with E-state index < -0.39 is 24.1 Å². The van der Waals surface area contributed by atoms with Crippen LogP contribution in [0, 0.1) is 46.3 Å². The molecular weight excluding hydrogens is 961 g/mol. The van der Waals surface area contributed by atoms with E-state index in [0.717, 1.165) is 31.4 Å². The topological polar surface area (TPSA) is 318 Å². The summed E-state index contributed by atoms with van der Waals surface area (Å²) < 4.78 is 48.7. The van der Waals surface area contributed by atoms with Gasteiger partial charge in [-0.2, -0.15) is 10.5 Å². The Labute approximate surface area is 431 Å². The zero-order valence-electron chi connectivity index (χ0n) is 44.3. The molecule has 0 aliphatic heterocycles. The van der Waals surface area contributed by atoms with Crippen LogP contribution in [-0.4, -0.2) is 140 Å². The van der Waals surface area contributed by atoms with E-state index in [9.17, 15) is 43.2 Å². The monoisotopic (exact) mass is 1040 g/mol. The highest BCUT2D eigenvalue weighted by Crippen LogP contribution is 2.06. The summed E-state index contributed by atoms with van der Waals surface area (Å²) in [5, 5.41) is 21.1. The Morgan fingerprint density at radius 3 is 1.15 bits per heavy atom. The first-order chi connectivity index (χ1) is 34.8. The lowest BCUT2D eigenvalue weighted by atomic mass is 10.1. The number of rotatable bonds is 35. The molecule has 23 nitrogen and oxygen atoms in total. The van der Waals surface area contributed by atoms with Crippen molar-refractivity contribution in [2.24, 2.45) is 23.7 Å². The average molecular weight is 1040 g/mol. The van der Waals surface area contributed by atoms with E-state index in [2.05, 4.69) is 33.3 Å². The molecule has 0 rings (SSSR count). The zero-order valence-corrected chi connectivity index (χ0v) is 44.3. The predicted molar refractivity (Wildman–Crippen MR) is 263 cm³/mol. The van der Waals surface area contributed by atoms with E-state index in [4.69, 9.17) is 48.4 Å². The Bertz CT molecular complexity index is 1620. The van der Waals surface area contributed by atoms with Crippen molar-refractivity contribution >= 4 is 54.0 Å². The second kappa shape index (κ2) is 53.1. The summed E-state index contributed by atoms with van der Waals surface area (Å²) in [5.74, 6) is -2.78. The summed E-state index contributed by atoms with van der Waals surface area (Å²) >= 11 is 0. The molecule has 0 bridgehead atoms. The number of amides is 2. The lowest BCUT2D eigenvalue weighted by Crippen LogP contribution is -2.29. The minimum atomic E-state index is -0.633. The molecular formula is C50H82N4O19. The molecule has 23 heteroatoms. The molecule has 0 aliphatic carbocycles. The average Bonchev–Trinajstić information content (AvgIpc) is 3.39. The van der Waals surface area contributed by atoms with E-state index in [1.54, 1.807) is 13.8 Å². The van der Waals surface area contributed by atoms with Crippen LogP contribution in [-0.2, 0) is 80.9 Å². The van der Waals surface area contributed by atoms with Gasteiger partial charge in [0, 0.05) is 18.6 Å².